The van der Waals surface area contributed by atoms with Gasteiger partial charge in [0.2, 0.25) is 10.0 Å². The van der Waals surface area contributed by atoms with Crippen LogP contribution in [-0.2, 0) is 14.8 Å². The molecule has 19 heavy (non-hydrogen) atoms. The van der Waals surface area contributed by atoms with Gasteiger partial charge < -0.3 is 9.72 Å². The van der Waals surface area contributed by atoms with Crippen molar-refractivity contribution in [1.29, 1.82) is 0 Å². The van der Waals surface area contributed by atoms with Gasteiger partial charge in [-0.25, -0.2) is 8.42 Å². The molecule has 2 heterocycles. The maximum atomic E-state index is 12.6. The first-order chi connectivity index (χ1) is 9.10. The monoisotopic (exact) mass is 280 g/mol. The summed E-state index contributed by atoms with van der Waals surface area (Å²) in [6.45, 7) is 1.09. The van der Waals surface area contributed by atoms with E-state index in [4.69, 9.17) is 4.74 Å². The fraction of sp³-hybridized carbons (Fsp3) is 0.385. The Morgan fingerprint density at radius 1 is 1.37 bits per heavy atom. The van der Waals surface area contributed by atoms with E-state index >= 15 is 0 Å². The van der Waals surface area contributed by atoms with E-state index in [2.05, 4.69) is 4.98 Å². The number of fused-ring (bicyclic) bond motifs is 1. The zero-order chi connectivity index (χ0) is 13.5. The predicted molar refractivity (Wildman–Crippen MR) is 72.5 cm³/mol. The molecule has 1 aliphatic heterocycles. The Morgan fingerprint density at radius 2 is 2.16 bits per heavy atom. The molecule has 1 aromatic heterocycles. The fourth-order valence-corrected chi connectivity index (χ4v) is 3.95. The zero-order valence-electron chi connectivity index (χ0n) is 10.7. The summed E-state index contributed by atoms with van der Waals surface area (Å²) in [6.07, 6.45) is 2.31. The Bertz CT molecular complexity index is 687. The van der Waals surface area contributed by atoms with Crippen LogP contribution < -0.4 is 0 Å². The number of para-hydroxylation sites is 1. The highest BCUT2D eigenvalue weighted by Crippen LogP contribution is 2.27. The first kappa shape index (κ1) is 12.7. The minimum Gasteiger partial charge on any atom is -0.380 e. The van der Waals surface area contributed by atoms with Gasteiger partial charge in [0.15, 0.2) is 0 Å². The molecule has 0 radical (unpaired) electrons. The van der Waals surface area contributed by atoms with Gasteiger partial charge in [-0.05, 0) is 12.5 Å². The molecule has 1 aromatic carbocycles. The van der Waals surface area contributed by atoms with Crippen molar-refractivity contribution in [2.45, 2.75) is 17.4 Å². The molecule has 102 valence electrons. The molecule has 1 atom stereocenters. The highest BCUT2D eigenvalue weighted by atomic mass is 32.2. The summed E-state index contributed by atoms with van der Waals surface area (Å²) >= 11 is 0. The molecule has 1 aliphatic rings. The van der Waals surface area contributed by atoms with Crippen LogP contribution in [0.5, 0.6) is 0 Å². The number of rotatable bonds is 3. The average molecular weight is 280 g/mol. The van der Waals surface area contributed by atoms with Crippen molar-refractivity contribution in [3.05, 3.63) is 30.5 Å². The second-order valence-corrected chi connectivity index (χ2v) is 6.70. The number of nitrogens with one attached hydrogen (secondary N) is 1. The van der Waals surface area contributed by atoms with Crippen molar-refractivity contribution in [1.82, 2.24) is 9.29 Å². The quantitative estimate of drug-likeness (QED) is 0.928. The summed E-state index contributed by atoms with van der Waals surface area (Å²) < 4.78 is 32.0. The van der Waals surface area contributed by atoms with Gasteiger partial charge >= 0.3 is 0 Å². The Hall–Kier alpha value is -1.37. The molecule has 0 unspecified atom stereocenters. The Labute approximate surface area is 112 Å². The standard InChI is InChI=1S/C13H16N2O3S/c1-15(10-6-7-18-9-10)19(16,17)13-8-14-12-5-3-2-4-11(12)13/h2-5,8,10,14H,6-7,9H2,1H3/t10-/m0/s1. The predicted octanol–water partition coefficient (Wildman–Crippen LogP) is 1.58. The van der Waals surface area contributed by atoms with Crippen LogP contribution in [0.3, 0.4) is 0 Å². The molecule has 0 spiro atoms. The molecular formula is C13H16N2O3S. The molecule has 2 aromatic rings. The van der Waals surface area contributed by atoms with Crippen molar-refractivity contribution in [2.75, 3.05) is 20.3 Å². The first-order valence-electron chi connectivity index (χ1n) is 6.22. The third kappa shape index (κ3) is 2.05. The number of benzene rings is 1. The number of sulfonamides is 1. The molecule has 5 nitrogen and oxygen atoms in total. The molecule has 1 N–H and O–H groups in total. The average Bonchev–Trinajstić information content (AvgIpc) is 3.07. The normalized spacial score (nSPS) is 20.4. The first-order valence-corrected chi connectivity index (χ1v) is 7.66. The van der Waals surface area contributed by atoms with Crippen LogP contribution in [0.1, 0.15) is 6.42 Å². The van der Waals surface area contributed by atoms with Crippen LogP contribution in [0.4, 0.5) is 0 Å². The minimum absolute atomic E-state index is 0.0707. The second kappa shape index (κ2) is 4.63. The minimum atomic E-state index is -3.48. The van der Waals surface area contributed by atoms with E-state index in [1.165, 1.54) is 4.31 Å². The summed E-state index contributed by atoms with van der Waals surface area (Å²) in [4.78, 5) is 3.33. The van der Waals surface area contributed by atoms with Gasteiger partial charge in [-0.15, -0.1) is 0 Å². The van der Waals surface area contributed by atoms with E-state index < -0.39 is 10.0 Å². The fourth-order valence-electron chi connectivity index (χ4n) is 2.42. The molecule has 0 bridgehead atoms. The van der Waals surface area contributed by atoms with Gasteiger partial charge in [-0.1, -0.05) is 18.2 Å². The number of aromatic nitrogens is 1. The van der Waals surface area contributed by atoms with E-state index in [0.717, 1.165) is 17.3 Å². The van der Waals surface area contributed by atoms with Crippen molar-refractivity contribution in [3.8, 4) is 0 Å². The number of H-pyrrole nitrogens is 1. The van der Waals surface area contributed by atoms with E-state index in [1.54, 1.807) is 13.2 Å². The smallest absolute Gasteiger partial charge is 0.245 e. The van der Waals surface area contributed by atoms with Gasteiger partial charge in [0.1, 0.15) is 4.90 Å². The van der Waals surface area contributed by atoms with Crippen LogP contribution in [0.15, 0.2) is 35.4 Å². The summed E-state index contributed by atoms with van der Waals surface area (Å²) in [5.74, 6) is 0. The lowest BCUT2D eigenvalue weighted by Crippen LogP contribution is -2.37. The molecular weight excluding hydrogens is 264 g/mol. The summed E-state index contributed by atoms with van der Waals surface area (Å²) in [6, 6.07) is 7.33. The molecule has 3 rings (SSSR count). The van der Waals surface area contributed by atoms with Crippen LogP contribution in [0.2, 0.25) is 0 Å². The van der Waals surface area contributed by atoms with Crippen LogP contribution in [0.25, 0.3) is 10.9 Å². The Kier molecular flexibility index (Phi) is 3.08. The lowest BCUT2D eigenvalue weighted by molar-refractivity contribution is 0.181. The largest absolute Gasteiger partial charge is 0.380 e. The SMILES string of the molecule is CN([C@H]1CCOC1)S(=O)(=O)c1c[nH]c2ccccc12. The number of nitrogens with zero attached hydrogens (tertiary/aromatic N) is 1. The van der Waals surface area contributed by atoms with Crippen LogP contribution in [0, 0.1) is 0 Å². The number of likely N-dealkylation sites (N-methyl/N-ethyl adjacent to an activating group) is 1. The van der Waals surface area contributed by atoms with Gasteiger partial charge in [-0.3, -0.25) is 0 Å². The third-order valence-corrected chi connectivity index (χ3v) is 5.58. The topological polar surface area (TPSA) is 62.4 Å². The number of aromatic amines is 1. The molecule has 0 amide bonds. The summed E-state index contributed by atoms with van der Waals surface area (Å²) in [7, 11) is -1.86. The number of hydrogen-bond acceptors (Lipinski definition) is 3. The van der Waals surface area contributed by atoms with Gasteiger partial charge in [0, 0.05) is 30.8 Å². The lowest BCUT2D eigenvalue weighted by Gasteiger charge is -2.22. The van der Waals surface area contributed by atoms with E-state index in [0.29, 0.717) is 18.1 Å². The summed E-state index contributed by atoms with van der Waals surface area (Å²) in [5, 5.41) is 0.730. The molecule has 1 saturated heterocycles. The van der Waals surface area contributed by atoms with E-state index in [1.807, 2.05) is 24.3 Å². The summed E-state index contributed by atoms with van der Waals surface area (Å²) in [5.41, 5.74) is 0.831. The van der Waals surface area contributed by atoms with Crippen LogP contribution >= 0.6 is 0 Å². The van der Waals surface area contributed by atoms with Crippen LogP contribution in [-0.4, -0.2) is 44.0 Å². The molecule has 6 heteroatoms. The highest BCUT2D eigenvalue weighted by molar-refractivity contribution is 7.89. The van der Waals surface area contributed by atoms with Crippen molar-refractivity contribution in [3.63, 3.8) is 0 Å². The maximum absolute atomic E-state index is 12.6. The van der Waals surface area contributed by atoms with E-state index in [-0.39, 0.29) is 6.04 Å². The Morgan fingerprint density at radius 3 is 2.89 bits per heavy atom. The molecule has 0 aliphatic carbocycles. The number of hydrogen-bond donors (Lipinski definition) is 1. The third-order valence-electron chi connectivity index (χ3n) is 3.63. The van der Waals surface area contributed by atoms with Gasteiger partial charge in [-0.2, -0.15) is 4.31 Å². The maximum Gasteiger partial charge on any atom is 0.245 e. The number of ether oxygens (including phenoxy) is 1. The van der Waals surface area contributed by atoms with Crippen molar-refractivity contribution < 1.29 is 13.2 Å². The van der Waals surface area contributed by atoms with Gasteiger partial charge in [0.25, 0.3) is 0 Å². The van der Waals surface area contributed by atoms with Crippen molar-refractivity contribution >= 4 is 20.9 Å². The molecule has 1 fully saturated rings. The Balaban J connectivity index is 2.04. The molecule has 0 saturated carbocycles. The van der Waals surface area contributed by atoms with E-state index in [9.17, 15) is 8.42 Å². The second-order valence-electron chi connectivity index (χ2n) is 4.74. The van der Waals surface area contributed by atoms with Crippen molar-refractivity contribution in [2.24, 2.45) is 0 Å². The zero-order valence-corrected chi connectivity index (χ0v) is 11.5. The lowest BCUT2D eigenvalue weighted by atomic mass is 10.2. The highest BCUT2D eigenvalue weighted by Gasteiger charge is 2.32. The van der Waals surface area contributed by atoms with Gasteiger partial charge in [0.05, 0.1) is 12.6 Å².